The fourth-order valence-corrected chi connectivity index (χ4v) is 4.47. The number of hydrogen-bond acceptors (Lipinski definition) is 5. The molecule has 1 aliphatic carbocycles. The van der Waals surface area contributed by atoms with Crippen LogP contribution in [0.4, 0.5) is 0 Å². The van der Waals surface area contributed by atoms with E-state index in [0.29, 0.717) is 6.79 Å². The number of nitrogens with zero attached hydrogens (tertiary/aromatic N) is 2. The lowest BCUT2D eigenvalue weighted by atomic mass is 9.70. The van der Waals surface area contributed by atoms with E-state index in [4.69, 9.17) is 9.47 Å². The van der Waals surface area contributed by atoms with Gasteiger partial charge >= 0.3 is 0 Å². The van der Waals surface area contributed by atoms with Crippen LogP contribution in [0.25, 0.3) is 6.08 Å². The Balaban J connectivity index is 1.49. The molecule has 3 aliphatic rings. The molecule has 0 bridgehead atoms. The topological polar surface area (TPSA) is 45.2 Å². The van der Waals surface area contributed by atoms with Gasteiger partial charge in [-0.05, 0) is 49.6 Å². The van der Waals surface area contributed by atoms with E-state index in [1.165, 1.54) is 0 Å². The number of aliphatic hydroxyl groups excluding tert-OH is 1. The monoisotopic (exact) mass is 358 g/mol. The van der Waals surface area contributed by atoms with Crippen LogP contribution in [0, 0.1) is 5.41 Å². The molecule has 2 atom stereocenters. The first-order valence-corrected chi connectivity index (χ1v) is 9.73. The number of likely N-dealkylation sites (N-methyl/N-ethyl adjacent to an activating group) is 1. The fraction of sp³-hybridized carbons (Fsp3) is 0.619. The van der Waals surface area contributed by atoms with Crippen molar-refractivity contribution in [2.45, 2.75) is 32.3 Å². The third-order valence-electron chi connectivity index (χ3n) is 6.15. The summed E-state index contributed by atoms with van der Waals surface area (Å²) < 4.78 is 10.9. The summed E-state index contributed by atoms with van der Waals surface area (Å²) in [6, 6.07) is 6.00. The maximum Gasteiger partial charge on any atom is 0.231 e. The predicted octanol–water partition coefficient (Wildman–Crippen LogP) is 2.60. The molecule has 1 saturated heterocycles. The van der Waals surface area contributed by atoms with Crippen LogP contribution >= 0.6 is 0 Å². The first kappa shape index (κ1) is 17.8. The first-order chi connectivity index (χ1) is 12.5. The second-order valence-corrected chi connectivity index (χ2v) is 8.32. The van der Waals surface area contributed by atoms with Crippen LogP contribution in [0.3, 0.4) is 0 Å². The maximum absolute atomic E-state index is 11.2. The summed E-state index contributed by atoms with van der Waals surface area (Å²) in [5.74, 6) is 1.60. The lowest BCUT2D eigenvalue weighted by Crippen LogP contribution is -2.51. The van der Waals surface area contributed by atoms with Crippen LogP contribution < -0.4 is 9.47 Å². The fourth-order valence-electron chi connectivity index (χ4n) is 4.47. The number of fused-ring (bicyclic) bond motifs is 1. The zero-order valence-corrected chi connectivity index (χ0v) is 15.9. The second kappa shape index (κ2) is 7.22. The molecule has 2 aliphatic heterocycles. The van der Waals surface area contributed by atoms with Gasteiger partial charge in [-0.3, -0.25) is 0 Å². The average molecular weight is 358 g/mol. The molecular weight excluding hydrogens is 328 g/mol. The minimum Gasteiger partial charge on any atom is -0.454 e. The van der Waals surface area contributed by atoms with Crippen molar-refractivity contribution in [2.24, 2.45) is 5.41 Å². The van der Waals surface area contributed by atoms with E-state index in [1.807, 2.05) is 18.2 Å². The molecular formula is C21H30N2O3. The number of piperazine rings is 1. The van der Waals surface area contributed by atoms with Crippen LogP contribution in [0.2, 0.25) is 0 Å². The lowest BCUT2D eigenvalue weighted by molar-refractivity contribution is 0.000622. The highest BCUT2D eigenvalue weighted by molar-refractivity contribution is 5.59. The highest BCUT2D eigenvalue weighted by atomic mass is 16.7. The quantitative estimate of drug-likeness (QED) is 0.900. The molecule has 1 saturated carbocycles. The van der Waals surface area contributed by atoms with Gasteiger partial charge in [-0.2, -0.15) is 0 Å². The van der Waals surface area contributed by atoms with Crippen LogP contribution in [-0.4, -0.2) is 67.6 Å². The smallest absolute Gasteiger partial charge is 0.231 e. The predicted molar refractivity (Wildman–Crippen MR) is 102 cm³/mol. The number of hydrogen-bond donors (Lipinski definition) is 1. The van der Waals surface area contributed by atoms with Gasteiger partial charge < -0.3 is 24.4 Å². The molecule has 26 heavy (non-hydrogen) atoms. The molecule has 5 nitrogen and oxygen atoms in total. The van der Waals surface area contributed by atoms with Crippen molar-refractivity contribution in [3.05, 3.63) is 29.3 Å². The minimum absolute atomic E-state index is 0.0731. The van der Waals surface area contributed by atoms with Gasteiger partial charge in [0.05, 0.1) is 6.10 Å². The summed E-state index contributed by atoms with van der Waals surface area (Å²) in [5.41, 5.74) is 2.15. The summed E-state index contributed by atoms with van der Waals surface area (Å²) in [6.45, 7) is 7.95. The zero-order valence-electron chi connectivity index (χ0n) is 15.9. The Morgan fingerprint density at radius 2 is 1.96 bits per heavy atom. The van der Waals surface area contributed by atoms with E-state index in [2.05, 4.69) is 29.8 Å². The van der Waals surface area contributed by atoms with Crippen LogP contribution in [0.5, 0.6) is 11.5 Å². The number of aliphatic hydroxyl groups is 1. The Bertz CT molecular complexity index is 682. The Morgan fingerprint density at radius 1 is 1.19 bits per heavy atom. The molecule has 0 amide bonds. The number of rotatable bonds is 3. The van der Waals surface area contributed by atoms with Gasteiger partial charge in [0.2, 0.25) is 6.79 Å². The van der Waals surface area contributed by atoms with Crippen molar-refractivity contribution in [1.29, 1.82) is 0 Å². The normalized spacial score (nSPS) is 31.5. The van der Waals surface area contributed by atoms with Crippen LogP contribution in [-0.2, 0) is 0 Å². The van der Waals surface area contributed by atoms with Crippen molar-refractivity contribution in [3.8, 4) is 11.5 Å². The number of benzene rings is 1. The van der Waals surface area contributed by atoms with Gasteiger partial charge in [-0.15, -0.1) is 0 Å². The summed E-state index contributed by atoms with van der Waals surface area (Å²) in [5, 5.41) is 11.2. The molecule has 1 N–H and O–H groups in total. The van der Waals surface area contributed by atoms with Crippen molar-refractivity contribution in [3.63, 3.8) is 0 Å². The molecule has 2 unspecified atom stereocenters. The zero-order chi connectivity index (χ0) is 18.1. The highest BCUT2D eigenvalue weighted by Gasteiger charge is 2.39. The van der Waals surface area contributed by atoms with Gasteiger partial charge in [0.1, 0.15) is 0 Å². The SMILES string of the molecule is CN1CCN(CC2(C)CCC/C(=C\c3ccc4c(c3)OCO4)C2O)CC1. The number of ether oxygens (including phenoxy) is 2. The van der Waals surface area contributed by atoms with E-state index >= 15 is 0 Å². The Kier molecular flexibility index (Phi) is 4.95. The Labute approximate surface area is 156 Å². The van der Waals surface area contributed by atoms with E-state index < -0.39 is 0 Å². The second-order valence-electron chi connectivity index (χ2n) is 8.32. The standard InChI is InChI=1S/C21H30N2O3/c1-21(14-23-10-8-22(2)9-11-23)7-3-4-17(20(21)24)12-16-5-6-18-19(13-16)26-15-25-18/h5-6,12-13,20,24H,3-4,7-11,14-15H2,1-2H3/b17-12+. The van der Waals surface area contributed by atoms with E-state index in [-0.39, 0.29) is 11.5 Å². The van der Waals surface area contributed by atoms with Crippen molar-refractivity contribution in [2.75, 3.05) is 46.6 Å². The van der Waals surface area contributed by atoms with Crippen molar-refractivity contribution in [1.82, 2.24) is 9.80 Å². The Morgan fingerprint density at radius 3 is 2.77 bits per heavy atom. The average Bonchev–Trinajstić information content (AvgIpc) is 3.09. The van der Waals surface area contributed by atoms with Gasteiger partial charge in [0.25, 0.3) is 0 Å². The summed E-state index contributed by atoms with van der Waals surface area (Å²) in [6.07, 6.45) is 4.94. The third kappa shape index (κ3) is 3.61. The van der Waals surface area contributed by atoms with Gasteiger partial charge in [-0.1, -0.05) is 19.1 Å². The van der Waals surface area contributed by atoms with Crippen LogP contribution in [0.15, 0.2) is 23.8 Å². The maximum atomic E-state index is 11.2. The largest absolute Gasteiger partial charge is 0.454 e. The van der Waals surface area contributed by atoms with Crippen molar-refractivity contribution < 1.29 is 14.6 Å². The molecule has 4 rings (SSSR count). The summed E-state index contributed by atoms with van der Waals surface area (Å²) >= 11 is 0. The van der Waals surface area contributed by atoms with Gasteiger partial charge in [0.15, 0.2) is 11.5 Å². The summed E-state index contributed by atoms with van der Waals surface area (Å²) in [4.78, 5) is 4.90. The first-order valence-electron chi connectivity index (χ1n) is 9.73. The molecule has 2 fully saturated rings. The van der Waals surface area contributed by atoms with E-state index in [1.54, 1.807) is 0 Å². The molecule has 0 spiro atoms. The van der Waals surface area contributed by atoms with Gasteiger partial charge in [0, 0.05) is 38.1 Å². The molecule has 5 heteroatoms. The molecule has 2 heterocycles. The van der Waals surface area contributed by atoms with Crippen LogP contribution in [0.1, 0.15) is 31.7 Å². The molecule has 1 aromatic carbocycles. The molecule has 1 aromatic rings. The van der Waals surface area contributed by atoms with Crippen molar-refractivity contribution >= 4 is 6.08 Å². The lowest BCUT2D eigenvalue weighted by Gasteiger charge is -2.45. The minimum atomic E-state index is -0.388. The molecule has 0 radical (unpaired) electrons. The molecule has 0 aromatic heterocycles. The molecule has 142 valence electrons. The Hall–Kier alpha value is -1.56. The highest BCUT2D eigenvalue weighted by Crippen LogP contribution is 2.41. The third-order valence-corrected chi connectivity index (χ3v) is 6.15. The van der Waals surface area contributed by atoms with Gasteiger partial charge in [-0.25, -0.2) is 0 Å². The van der Waals surface area contributed by atoms with E-state index in [9.17, 15) is 5.11 Å². The summed E-state index contributed by atoms with van der Waals surface area (Å²) in [7, 11) is 2.18. The van der Waals surface area contributed by atoms with E-state index in [0.717, 1.165) is 74.6 Å².